The molecular weight excluding hydrogens is 426 g/mol. The highest BCUT2D eigenvalue weighted by Crippen LogP contribution is 2.25. The predicted molar refractivity (Wildman–Crippen MR) is 111 cm³/mol. The Hall–Kier alpha value is -1.78. The number of nitrogens with zero attached hydrogens (tertiary/aromatic N) is 2. The third-order valence-corrected chi connectivity index (χ3v) is 5.02. The summed E-state index contributed by atoms with van der Waals surface area (Å²) < 4.78 is 0. The summed E-state index contributed by atoms with van der Waals surface area (Å²) in [4.78, 5) is 18.9. The molecule has 0 bridgehead atoms. The standard InChI is InChI=1S/C20H14Cl4N2O/c21-16-6-14(7-17(22)9-16)12-26(11-13-2-1-5-25-10-13)20(27)15-3-4-18(23)19(24)8-15/h1-10H,11-12H2. The number of halogens is 4. The Labute approximate surface area is 177 Å². The van der Waals surface area contributed by atoms with Gasteiger partial charge in [0.05, 0.1) is 10.0 Å². The van der Waals surface area contributed by atoms with E-state index in [1.54, 1.807) is 53.7 Å². The maximum absolute atomic E-state index is 13.1. The van der Waals surface area contributed by atoms with Gasteiger partial charge in [-0.1, -0.05) is 52.5 Å². The number of rotatable bonds is 5. The zero-order chi connectivity index (χ0) is 19.4. The Bertz CT molecular complexity index is 943. The first kappa shape index (κ1) is 20.0. The van der Waals surface area contributed by atoms with Crippen LogP contribution in [0.4, 0.5) is 0 Å². The van der Waals surface area contributed by atoms with E-state index in [0.717, 1.165) is 11.1 Å². The molecule has 0 aliphatic carbocycles. The van der Waals surface area contributed by atoms with Crippen molar-refractivity contribution < 1.29 is 4.79 Å². The van der Waals surface area contributed by atoms with Gasteiger partial charge in [0.1, 0.15) is 0 Å². The lowest BCUT2D eigenvalue weighted by Crippen LogP contribution is -2.30. The molecule has 0 atom stereocenters. The summed E-state index contributed by atoms with van der Waals surface area (Å²) in [7, 11) is 0. The number of amides is 1. The molecule has 138 valence electrons. The third kappa shape index (κ3) is 5.36. The Balaban J connectivity index is 1.93. The number of pyridine rings is 1. The summed E-state index contributed by atoms with van der Waals surface area (Å²) in [5, 5.41) is 1.75. The minimum absolute atomic E-state index is 0.187. The average Bonchev–Trinajstić information content (AvgIpc) is 2.63. The highest BCUT2D eigenvalue weighted by Gasteiger charge is 2.18. The van der Waals surface area contributed by atoms with Gasteiger partial charge in [-0.2, -0.15) is 0 Å². The van der Waals surface area contributed by atoms with Crippen LogP contribution in [-0.4, -0.2) is 15.8 Å². The fourth-order valence-electron chi connectivity index (χ4n) is 2.65. The Morgan fingerprint density at radius 1 is 0.852 bits per heavy atom. The molecule has 0 fully saturated rings. The van der Waals surface area contributed by atoms with Crippen LogP contribution in [0.15, 0.2) is 60.9 Å². The van der Waals surface area contributed by atoms with E-state index in [1.165, 1.54) is 0 Å². The third-order valence-electron chi connectivity index (χ3n) is 3.85. The molecule has 0 saturated carbocycles. The van der Waals surface area contributed by atoms with Crippen molar-refractivity contribution in [2.45, 2.75) is 13.1 Å². The second-order valence-corrected chi connectivity index (χ2v) is 7.62. The van der Waals surface area contributed by atoms with Gasteiger partial charge in [-0.15, -0.1) is 0 Å². The van der Waals surface area contributed by atoms with E-state index in [-0.39, 0.29) is 5.91 Å². The number of carbonyl (C=O) groups excluding carboxylic acids is 1. The molecule has 0 saturated heterocycles. The van der Waals surface area contributed by atoms with E-state index in [4.69, 9.17) is 46.4 Å². The average molecular weight is 440 g/mol. The van der Waals surface area contributed by atoms with Crippen molar-refractivity contribution in [3.63, 3.8) is 0 Å². The van der Waals surface area contributed by atoms with Gasteiger partial charge in [0.25, 0.3) is 5.91 Å². The van der Waals surface area contributed by atoms with Gasteiger partial charge in [-0.3, -0.25) is 9.78 Å². The lowest BCUT2D eigenvalue weighted by molar-refractivity contribution is 0.0730. The zero-order valence-corrected chi connectivity index (χ0v) is 17.0. The van der Waals surface area contributed by atoms with Crippen molar-refractivity contribution in [2.75, 3.05) is 0 Å². The molecule has 3 nitrogen and oxygen atoms in total. The first-order valence-corrected chi connectivity index (χ1v) is 9.52. The van der Waals surface area contributed by atoms with Crippen molar-refractivity contribution in [1.29, 1.82) is 0 Å². The van der Waals surface area contributed by atoms with E-state index in [0.29, 0.717) is 38.7 Å². The summed E-state index contributed by atoms with van der Waals surface area (Å²) in [6.45, 7) is 0.700. The monoisotopic (exact) mass is 438 g/mol. The quantitative estimate of drug-likeness (QED) is 0.452. The van der Waals surface area contributed by atoms with Crippen molar-refractivity contribution in [3.8, 4) is 0 Å². The minimum Gasteiger partial charge on any atom is -0.330 e. The molecule has 7 heteroatoms. The molecule has 27 heavy (non-hydrogen) atoms. The van der Waals surface area contributed by atoms with Crippen LogP contribution in [0.5, 0.6) is 0 Å². The summed E-state index contributed by atoms with van der Waals surface area (Å²) in [6, 6.07) is 13.8. The lowest BCUT2D eigenvalue weighted by atomic mass is 10.1. The molecule has 0 N–H and O–H groups in total. The number of benzene rings is 2. The number of hydrogen-bond acceptors (Lipinski definition) is 2. The van der Waals surface area contributed by atoms with Gasteiger partial charge in [0.2, 0.25) is 0 Å². The molecule has 2 aromatic carbocycles. The van der Waals surface area contributed by atoms with Gasteiger partial charge >= 0.3 is 0 Å². The number of carbonyl (C=O) groups is 1. The molecular formula is C20H14Cl4N2O. The second kappa shape index (κ2) is 8.94. The highest BCUT2D eigenvalue weighted by atomic mass is 35.5. The maximum atomic E-state index is 13.1. The minimum atomic E-state index is -0.187. The van der Waals surface area contributed by atoms with Gasteiger partial charge in [0, 0.05) is 41.1 Å². The van der Waals surface area contributed by atoms with Crippen molar-refractivity contribution >= 4 is 52.3 Å². The Kier molecular flexibility index (Phi) is 6.61. The fraction of sp³-hybridized carbons (Fsp3) is 0.100. The van der Waals surface area contributed by atoms with E-state index in [1.807, 2.05) is 12.1 Å². The number of aromatic nitrogens is 1. The molecule has 0 unspecified atom stereocenters. The van der Waals surface area contributed by atoms with E-state index in [2.05, 4.69) is 4.98 Å². The summed E-state index contributed by atoms with van der Waals surface area (Å²) in [5.74, 6) is -0.187. The molecule has 1 aromatic heterocycles. The molecule has 1 amide bonds. The molecule has 1 heterocycles. The molecule has 0 aliphatic heterocycles. The number of hydrogen-bond donors (Lipinski definition) is 0. The van der Waals surface area contributed by atoms with Crippen LogP contribution in [0.1, 0.15) is 21.5 Å². The summed E-state index contributed by atoms with van der Waals surface area (Å²) >= 11 is 24.2. The van der Waals surface area contributed by atoms with Gasteiger partial charge < -0.3 is 4.90 Å². The second-order valence-electron chi connectivity index (χ2n) is 5.93. The maximum Gasteiger partial charge on any atom is 0.254 e. The van der Waals surface area contributed by atoms with Gasteiger partial charge in [-0.25, -0.2) is 0 Å². The smallest absolute Gasteiger partial charge is 0.254 e. The largest absolute Gasteiger partial charge is 0.330 e. The topological polar surface area (TPSA) is 33.2 Å². The Morgan fingerprint density at radius 2 is 1.56 bits per heavy atom. The molecule has 0 aliphatic rings. The Morgan fingerprint density at radius 3 is 2.19 bits per heavy atom. The molecule has 0 spiro atoms. The summed E-state index contributed by atoms with van der Waals surface area (Å²) in [5.41, 5.74) is 2.17. The van der Waals surface area contributed by atoms with Crippen molar-refractivity contribution in [1.82, 2.24) is 9.88 Å². The molecule has 0 radical (unpaired) electrons. The van der Waals surface area contributed by atoms with Crippen LogP contribution in [0.3, 0.4) is 0 Å². The highest BCUT2D eigenvalue weighted by molar-refractivity contribution is 6.42. The molecule has 3 aromatic rings. The lowest BCUT2D eigenvalue weighted by Gasteiger charge is -2.23. The SMILES string of the molecule is O=C(c1ccc(Cl)c(Cl)c1)N(Cc1cccnc1)Cc1cc(Cl)cc(Cl)c1. The van der Waals surface area contributed by atoms with Crippen LogP contribution < -0.4 is 0 Å². The summed E-state index contributed by atoms with van der Waals surface area (Å²) in [6.07, 6.45) is 3.41. The van der Waals surface area contributed by atoms with E-state index in [9.17, 15) is 4.79 Å². The first-order valence-electron chi connectivity index (χ1n) is 8.00. The van der Waals surface area contributed by atoms with Crippen LogP contribution in [0.25, 0.3) is 0 Å². The molecule has 3 rings (SSSR count). The van der Waals surface area contributed by atoms with E-state index < -0.39 is 0 Å². The van der Waals surface area contributed by atoms with Crippen LogP contribution in [0, 0.1) is 0 Å². The first-order chi connectivity index (χ1) is 12.9. The van der Waals surface area contributed by atoms with Crippen LogP contribution >= 0.6 is 46.4 Å². The van der Waals surface area contributed by atoms with Crippen molar-refractivity contribution in [3.05, 3.63) is 97.7 Å². The zero-order valence-electron chi connectivity index (χ0n) is 14.0. The predicted octanol–water partition coefficient (Wildman–Crippen LogP) is 6.54. The normalized spacial score (nSPS) is 10.7. The van der Waals surface area contributed by atoms with E-state index >= 15 is 0 Å². The van der Waals surface area contributed by atoms with Gasteiger partial charge in [-0.05, 0) is 53.6 Å². The van der Waals surface area contributed by atoms with Crippen molar-refractivity contribution in [2.24, 2.45) is 0 Å². The fourth-order valence-corrected chi connectivity index (χ4v) is 3.52. The van der Waals surface area contributed by atoms with Gasteiger partial charge in [0.15, 0.2) is 0 Å². The van der Waals surface area contributed by atoms with Crippen LogP contribution in [-0.2, 0) is 13.1 Å². The van der Waals surface area contributed by atoms with Crippen LogP contribution in [0.2, 0.25) is 20.1 Å².